The number of thiazole rings is 1. The molecule has 1 atom stereocenters. The number of hydrogen-bond donors (Lipinski definition) is 2. The van der Waals surface area contributed by atoms with Gasteiger partial charge in [-0.2, -0.15) is 0 Å². The minimum absolute atomic E-state index is 0.367. The molecule has 6 heteroatoms. The van der Waals surface area contributed by atoms with Gasteiger partial charge in [-0.1, -0.05) is 11.6 Å². The second-order valence-electron chi connectivity index (χ2n) is 5.75. The van der Waals surface area contributed by atoms with Crippen LogP contribution in [-0.2, 0) is 12.8 Å². The van der Waals surface area contributed by atoms with Crippen molar-refractivity contribution in [1.29, 1.82) is 0 Å². The number of aryl methyl sites for hydroxylation is 2. The molecule has 0 radical (unpaired) electrons. The van der Waals surface area contributed by atoms with Crippen molar-refractivity contribution in [3.8, 4) is 0 Å². The molecule has 1 aliphatic rings. The lowest BCUT2D eigenvalue weighted by Gasteiger charge is -2.23. The standard InChI is InChI=1S/C16H17N5S/c1-9-2-4-12-11(6-9)15(19-8-18-12)20-10-3-5-13-14(7-10)22-16(17)21-13/h2,4,6,8,10H,3,5,7H2,1H3,(H2,17,21)(H,18,19,20). The van der Waals surface area contributed by atoms with Gasteiger partial charge in [0.15, 0.2) is 5.13 Å². The molecule has 0 fully saturated rings. The number of fused-ring (bicyclic) bond motifs is 2. The third kappa shape index (κ3) is 2.39. The fourth-order valence-corrected chi connectivity index (χ4v) is 3.96. The fourth-order valence-electron chi connectivity index (χ4n) is 3.00. The first-order chi connectivity index (χ1) is 10.7. The topological polar surface area (TPSA) is 76.7 Å². The summed E-state index contributed by atoms with van der Waals surface area (Å²) < 4.78 is 0. The number of benzene rings is 1. The number of anilines is 2. The molecule has 2 heterocycles. The molecule has 1 aliphatic carbocycles. The van der Waals surface area contributed by atoms with E-state index in [0.29, 0.717) is 11.2 Å². The van der Waals surface area contributed by atoms with Gasteiger partial charge in [0.25, 0.3) is 0 Å². The van der Waals surface area contributed by atoms with Gasteiger partial charge in [0.1, 0.15) is 12.1 Å². The third-order valence-electron chi connectivity index (χ3n) is 4.09. The number of nitrogen functional groups attached to an aromatic ring is 1. The normalized spacial score (nSPS) is 17.4. The number of aromatic nitrogens is 3. The molecule has 3 N–H and O–H groups in total. The van der Waals surface area contributed by atoms with Crippen LogP contribution in [0.1, 0.15) is 22.6 Å². The molecule has 22 heavy (non-hydrogen) atoms. The van der Waals surface area contributed by atoms with Crippen molar-refractivity contribution in [2.45, 2.75) is 32.2 Å². The molecule has 1 unspecified atom stereocenters. The van der Waals surface area contributed by atoms with Crippen molar-refractivity contribution in [2.24, 2.45) is 0 Å². The van der Waals surface area contributed by atoms with Crippen LogP contribution in [-0.4, -0.2) is 21.0 Å². The van der Waals surface area contributed by atoms with Crippen molar-refractivity contribution in [3.63, 3.8) is 0 Å². The van der Waals surface area contributed by atoms with Crippen LogP contribution in [0.2, 0.25) is 0 Å². The van der Waals surface area contributed by atoms with Gasteiger partial charge in [-0.25, -0.2) is 15.0 Å². The van der Waals surface area contributed by atoms with E-state index < -0.39 is 0 Å². The quantitative estimate of drug-likeness (QED) is 0.761. The summed E-state index contributed by atoms with van der Waals surface area (Å²) in [5.41, 5.74) is 9.17. The molecule has 3 aromatic rings. The van der Waals surface area contributed by atoms with Gasteiger partial charge in [0.2, 0.25) is 0 Å². The number of nitrogens with one attached hydrogen (secondary N) is 1. The molecule has 2 aromatic heterocycles. The molecule has 0 bridgehead atoms. The minimum atomic E-state index is 0.367. The number of nitrogens with zero attached hydrogens (tertiary/aromatic N) is 3. The van der Waals surface area contributed by atoms with Crippen LogP contribution in [0.15, 0.2) is 24.5 Å². The SMILES string of the molecule is Cc1ccc2ncnc(NC3CCc4nc(N)sc4C3)c2c1. The molecule has 0 aliphatic heterocycles. The largest absolute Gasteiger partial charge is 0.375 e. The summed E-state index contributed by atoms with van der Waals surface area (Å²) in [5, 5.41) is 5.34. The van der Waals surface area contributed by atoms with E-state index in [2.05, 4.69) is 39.3 Å². The average molecular weight is 311 g/mol. The first-order valence-electron chi connectivity index (χ1n) is 7.41. The maximum absolute atomic E-state index is 5.81. The Morgan fingerprint density at radius 3 is 3.14 bits per heavy atom. The maximum atomic E-state index is 5.81. The highest BCUT2D eigenvalue weighted by Gasteiger charge is 2.22. The van der Waals surface area contributed by atoms with E-state index >= 15 is 0 Å². The van der Waals surface area contributed by atoms with Gasteiger partial charge in [-0.3, -0.25) is 0 Å². The van der Waals surface area contributed by atoms with Crippen molar-refractivity contribution in [1.82, 2.24) is 15.0 Å². The van der Waals surface area contributed by atoms with Crippen LogP contribution >= 0.6 is 11.3 Å². The van der Waals surface area contributed by atoms with E-state index in [0.717, 1.165) is 36.0 Å². The Labute approximate surface area is 132 Å². The van der Waals surface area contributed by atoms with Crippen LogP contribution in [0.25, 0.3) is 10.9 Å². The predicted molar refractivity (Wildman–Crippen MR) is 90.2 cm³/mol. The summed E-state index contributed by atoms with van der Waals surface area (Å²) in [5.74, 6) is 0.916. The molecular weight excluding hydrogens is 294 g/mol. The summed E-state index contributed by atoms with van der Waals surface area (Å²) in [6.07, 6.45) is 4.61. The number of hydrogen-bond acceptors (Lipinski definition) is 6. The number of rotatable bonds is 2. The molecule has 4 rings (SSSR count). The van der Waals surface area contributed by atoms with Gasteiger partial charge in [-0.15, -0.1) is 11.3 Å². The predicted octanol–water partition coefficient (Wildman–Crippen LogP) is 2.95. The summed E-state index contributed by atoms with van der Waals surface area (Å²) in [6.45, 7) is 2.09. The Morgan fingerprint density at radius 2 is 2.23 bits per heavy atom. The first kappa shape index (κ1) is 13.5. The Kier molecular flexibility index (Phi) is 3.18. The van der Waals surface area contributed by atoms with E-state index in [4.69, 9.17) is 5.73 Å². The third-order valence-corrected chi connectivity index (χ3v) is 5.04. The number of nitrogens with two attached hydrogens (primary N) is 1. The molecule has 0 saturated carbocycles. The second-order valence-corrected chi connectivity index (χ2v) is 6.86. The Balaban J connectivity index is 1.63. The summed E-state index contributed by atoms with van der Waals surface area (Å²) in [6, 6.07) is 6.62. The lowest BCUT2D eigenvalue weighted by atomic mass is 9.97. The van der Waals surface area contributed by atoms with Gasteiger partial charge >= 0.3 is 0 Å². The zero-order chi connectivity index (χ0) is 15.1. The zero-order valence-electron chi connectivity index (χ0n) is 12.3. The van der Waals surface area contributed by atoms with E-state index in [1.165, 1.54) is 16.1 Å². The Hall–Kier alpha value is -2.21. The van der Waals surface area contributed by atoms with Crippen LogP contribution < -0.4 is 11.1 Å². The average Bonchev–Trinajstić information content (AvgIpc) is 2.87. The molecule has 1 aromatic carbocycles. The van der Waals surface area contributed by atoms with Gasteiger partial charge in [0, 0.05) is 22.7 Å². The van der Waals surface area contributed by atoms with Crippen LogP contribution in [0.3, 0.4) is 0 Å². The van der Waals surface area contributed by atoms with Crippen molar-refractivity contribution >= 4 is 33.2 Å². The van der Waals surface area contributed by atoms with E-state index in [1.807, 2.05) is 6.07 Å². The second kappa shape index (κ2) is 5.21. The highest BCUT2D eigenvalue weighted by Crippen LogP contribution is 2.30. The molecule has 0 spiro atoms. The molecule has 5 nitrogen and oxygen atoms in total. The fraction of sp³-hybridized carbons (Fsp3) is 0.312. The van der Waals surface area contributed by atoms with Crippen LogP contribution in [0.4, 0.5) is 10.9 Å². The van der Waals surface area contributed by atoms with E-state index in [1.54, 1.807) is 17.7 Å². The zero-order valence-corrected chi connectivity index (χ0v) is 13.2. The van der Waals surface area contributed by atoms with Crippen molar-refractivity contribution in [2.75, 3.05) is 11.1 Å². The van der Waals surface area contributed by atoms with E-state index in [-0.39, 0.29) is 0 Å². The molecule has 0 amide bonds. The summed E-state index contributed by atoms with van der Waals surface area (Å²) >= 11 is 1.60. The van der Waals surface area contributed by atoms with Gasteiger partial charge < -0.3 is 11.1 Å². The molecule has 0 saturated heterocycles. The Bertz CT molecular complexity index is 842. The monoisotopic (exact) mass is 311 g/mol. The minimum Gasteiger partial charge on any atom is -0.375 e. The lowest BCUT2D eigenvalue weighted by Crippen LogP contribution is -2.27. The van der Waals surface area contributed by atoms with Crippen molar-refractivity contribution in [3.05, 3.63) is 40.7 Å². The van der Waals surface area contributed by atoms with E-state index in [9.17, 15) is 0 Å². The van der Waals surface area contributed by atoms with Crippen molar-refractivity contribution < 1.29 is 0 Å². The van der Waals surface area contributed by atoms with Gasteiger partial charge in [0.05, 0.1) is 11.2 Å². The highest BCUT2D eigenvalue weighted by atomic mass is 32.1. The van der Waals surface area contributed by atoms with Crippen LogP contribution in [0.5, 0.6) is 0 Å². The van der Waals surface area contributed by atoms with Gasteiger partial charge in [-0.05, 0) is 31.9 Å². The first-order valence-corrected chi connectivity index (χ1v) is 8.22. The highest BCUT2D eigenvalue weighted by molar-refractivity contribution is 7.15. The summed E-state index contributed by atoms with van der Waals surface area (Å²) in [7, 11) is 0. The lowest BCUT2D eigenvalue weighted by molar-refractivity contribution is 0.608. The smallest absolute Gasteiger partial charge is 0.180 e. The maximum Gasteiger partial charge on any atom is 0.180 e. The molecular formula is C16H17N5S. The summed E-state index contributed by atoms with van der Waals surface area (Å²) in [4.78, 5) is 14.5. The van der Waals surface area contributed by atoms with Crippen LogP contribution in [0, 0.1) is 6.92 Å². The molecule has 112 valence electrons. The Morgan fingerprint density at radius 1 is 1.32 bits per heavy atom.